The molecule has 4 aromatic carbocycles. The molecule has 0 spiro atoms. The van der Waals surface area contributed by atoms with Crippen LogP contribution in [0, 0.1) is 10.8 Å². The van der Waals surface area contributed by atoms with Gasteiger partial charge in [-0.1, -0.05) is 181 Å². The SMILES string of the molecule is C=C(/C=C\C(=C\[B]c1cc2ccc(C(C)(C)C)cc2o1)N(/C=C/CN/C=C/CC(C)(C)C)c1cc2c(cc1-c1ccccc1-c1ccccc1)C(C)(C)CCC2(C)C)C(C)(C)C. The molecule has 0 aliphatic heterocycles. The molecule has 0 bridgehead atoms. The zero-order valence-electron chi connectivity index (χ0n) is 40.2. The van der Waals surface area contributed by atoms with Gasteiger partial charge in [-0.2, -0.15) is 0 Å². The van der Waals surface area contributed by atoms with Crippen molar-refractivity contribution in [3.05, 3.63) is 168 Å². The molecule has 0 fully saturated rings. The summed E-state index contributed by atoms with van der Waals surface area (Å²) in [6.07, 6.45) is 16.5. The van der Waals surface area contributed by atoms with Crippen LogP contribution in [0.1, 0.15) is 126 Å². The second kappa shape index (κ2) is 18.2. The molecule has 5 aromatic rings. The number of hydrogen-bond donors (Lipinski definition) is 1. The Balaban J connectivity index is 1.59. The maximum Gasteiger partial charge on any atom is 0.233 e. The minimum Gasteiger partial charge on any atom is -0.472 e. The van der Waals surface area contributed by atoms with Crippen LogP contribution in [0.5, 0.6) is 0 Å². The number of nitrogens with one attached hydrogen (secondary N) is 1. The zero-order valence-corrected chi connectivity index (χ0v) is 40.2. The van der Waals surface area contributed by atoms with Gasteiger partial charge in [0.2, 0.25) is 7.28 Å². The molecule has 1 heterocycles. The predicted octanol–water partition coefficient (Wildman–Crippen LogP) is 15.3. The largest absolute Gasteiger partial charge is 0.472 e. The summed E-state index contributed by atoms with van der Waals surface area (Å²) in [5.41, 5.74) is 14.0. The highest BCUT2D eigenvalue weighted by atomic mass is 16.3. The van der Waals surface area contributed by atoms with Crippen LogP contribution >= 0.6 is 0 Å². The Morgan fingerprint density at radius 2 is 1.39 bits per heavy atom. The van der Waals surface area contributed by atoms with Gasteiger partial charge in [0.1, 0.15) is 5.58 Å². The van der Waals surface area contributed by atoms with Gasteiger partial charge in [0, 0.05) is 29.4 Å². The first-order chi connectivity index (χ1) is 29.0. The van der Waals surface area contributed by atoms with Gasteiger partial charge in [0.05, 0.1) is 11.3 Å². The molecule has 62 heavy (non-hydrogen) atoms. The summed E-state index contributed by atoms with van der Waals surface area (Å²) in [5.74, 6) is 2.21. The Labute approximate surface area is 376 Å². The van der Waals surface area contributed by atoms with E-state index in [1.165, 1.54) is 38.9 Å². The number of benzene rings is 4. The van der Waals surface area contributed by atoms with E-state index >= 15 is 0 Å². The van der Waals surface area contributed by atoms with E-state index in [9.17, 15) is 0 Å². The molecule has 0 atom stereocenters. The van der Waals surface area contributed by atoms with Crippen molar-refractivity contribution in [3.63, 3.8) is 0 Å². The number of anilines is 1. The van der Waals surface area contributed by atoms with Gasteiger partial charge < -0.3 is 14.6 Å². The normalized spacial score (nSPS) is 15.7. The molecule has 0 amide bonds. The first-order valence-corrected chi connectivity index (χ1v) is 22.7. The van der Waals surface area contributed by atoms with Crippen LogP contribution in [0.25, 0.3) is 33.2 Å². The van der Waals surface area contributed by atoms with E-state index in [2.05, 4.69) is 248 Å². The van der Waals surface area contributed by atoms with Crippen molar-refractivity contribution in [2.24, 2.45) is 10.8 Å². The fourth-order valence-corrected chi connectivity index (χ4v) is 8.12. The molecule has 1 aliphatic carbocycles. The third-order valence-electron chi connectivity index (χ3n) is 12.5. The van der Waals surface area contributed by atoms with E-state index in [0.717, 1.165) is 52.8 Å². The first kappa shape index (κ1) is 46.3. The summed E-state index contributed by atoms with van der Waals surface area (Å²) in [5, 5.41) is 4.64. The lowest BCUT2D eigenvalue weighted by Crippen LogP contribution is -2.34. The van der Waals surface area contributed by atoms with Crippen molar-refractivity contribution in [3.8, 4) is 22.3 Å². The average Bonchev–Trinajstić information content (AvgIpc) is 3.62. The summed E-state index contributed by atoms with van der Waals surface area (Å²) in [7, 11) is 2.12. The van der Waals surface area contributed by atoms with Crippen LogP contribution in [0.2, 0.25) is 0 Å². The lowest BCUT2D eigenvalue weighted by Gasteiger charge is -2.43. The van der Waals surface area contributed by atoms with Gasteiger partial charge in [-0.05, 0) is 128 Å². The Morgan fingerprint density at radius 1 is 0.742 bits per heavy atom. The lowest BCUT2D eigenvalue weighted by atomic mass is 9.62. The second-order valence-corrected chi connectivity index (χ2v) is 21.9. The molecule has 1 radical (unpaired) electrons. The molecule has 0 saturated heterocycles. The van der Waals surface area contributed by atoms with Gasteiger partial charge >= 0.3 is 0 Å². The van der Waals surface area contributed by atoms with Crippen LogP contribution in [-0.4, -0.2) is 13.8 Å². The minimum atomic E-state index is -0.0972. The van der Waals surface area contributed by atoms with Crippen molar-refractivity contribution in [2.75, 3.05) is 11.4 Å². The van der Waals surface area contributed by atoms with Gasteiger partial charge in [0.15, 0.2) is 0 Å². The lowest BCUT2D eigenvalue weighted by molar-refractivity contribution is 0.332. The highest BCUT2D eigenvalue weighted by molar-refractivity contribution is 6.57. The van der Waals surface area contributed by atoms with Crippen molar-refractivity contribution in [1.29, 1.82) is 0 Å². The fourth-order valence-electron chi connectivity index (χ4n) is 8.12. The van der Waals surface area contributed by atoms with Crippen molar-refractivity contribution < 1.29 is 4.42 Å². The number of allylic oxidation sites excluding steroid dienone is 4. The molecule has 6 rings (SSSR count). The maximum absolute atomic E-state index is 6.57. The van der Waals surface area contributed by atoms with Gasteiger partial charge in [-0.15, -0.1) is 0 Å². The van der Waals surface area contributed by atoms with Gasteiger partial charge in [-0.3, -0.25) is 0 Å². The second-order valence-electron chi connectivity index (χ2n) is 21.9. The molecule has 1 aromatic heterocycles. The topological polar surface area (TPSA) is 28.4 Å². The third-order valence-corrected chi connectivity index (χ3v) is 12.5. The number of furan rings is 1. The quantitative estimate of drug-likeness (QED) is 0.0728. The highest BCUT2D eigenvalue weighted by Crippen LogP contribution is 2.51. The van der Waals surface area contributed by atoms with Crippen LogP contribution in [-0.2, 0) is 16.2 Å². The zero-order chi connectivity index (χ0) is 45.1. The average molecular weight is 824 g/mol. The standard InChI is InChI=1S/C58H72BN2O/c1-41(55(5,6)7)26-29-45(40-59-53-36-43-27-28-44(56(8,9)10)37-52(43)62-53)61(35-21-34-60-33-20-30-54(2,3)4)51-39-50-49(57(11,12)31-32-58(50,13)14)38-48(51)47-25-19-18-24-46(47)42-22-16-15-17-23-42/h15-29,33,35-40,60H,1,30-32,34H2,2-14H3/b29-26-,33-20+,35-21+,45-40-. The maximum atomic E-state index is 6.57. The van der Waals surface area contributed by atoms with Crippen molar-refractivity contribution >= 4 is 29.6 Å². The summed E-state index contributed by atoms with van der Waals surface area (Å²) < 4.78 is 6.57. The Kier molecular flexibility index (Phi) is 13.6. The summed E-state index contributed by atoms with van der Waals surface area (Å²) >= 11 is 0. The van der Waals surface area contributed by atoms with Crippen LogP contribution in [0.4, 0.5) is 5.69 Å². The van der Waals surface area contributed by atoms with Crippen molar-refractivity contribution in [2.45, 2.75) is 126 Å². The monoisotopic (exact) mass is 824 g/mol. The number of fused-ring (bicyclic) bond motifs is 2. The highest BCUT2D eigenvalue weighted by Gasteiger charge is 2.38. The predicted molar refractivity (Wildman–Crippen MR) is 272 cm³/mol. The van der Waals surface area contributed by atoms with Crippen LogP contribution in [0.15, 0.2) is 156 Å². The van der Waals surface area contributed by atoms with E-state index in [1.807, 2.05) is 0 Å². The van der Waals surface area contributed by atoms with E-state index in [0.29, 0.717) is 6.54 Å². The Bertz CT molecular complexity index is 2480. The molecule has 1 N–H and O–H groups in total. The number of hydrogen-bond acceptors (Lipinski definition) is 3. The minimum absolute atomic E-state index is 0.00157. The van der Waals surface area contributed by atoms with E-state index in [4.69, 9.17) is 4.42 Å². The summed E-state index contributed by atoms with van der Waals surface area (Å²) in [6, 6.07) is 33.5. The fraction of sp³-hybridized carbons (Fsp3) is 0.379. The van der Waals surface area contributed by atoms with E-state index in [1.54, 1.807) is 0 Å². The van der Waals surface area contributed by atoms with E-state index < -0.39 is 0 Å². The van der Waals surface area contributed by atoms with Gasteiger partial charge in [0.25, 0.3) is 0 Å². The van der Waals surface area contributed by atoms with Crippen LogP contribution in [0.3, 0.4) is 0 Å². The van der Waals surface area contributed by atoms with E-state index in [-0.39, 0.29) is 27.1 Å². The molecule has 0 saturated carbocycles. The molecule has 3 nitrogen and oxygen atoms in total. The molecule has 0 unspecified atom stereocenters. The van der Waals surface area contributed by atoms with Crippen LogP contribution < -0.4 is 15.9 Å². The molecular formula is C58H72BN2O. The first-order valence-electron chi connectivity index (χ1n) is 22.7. The third kappa shape index (κ3) is 11.2. The molecule has 323 valence electrons. The Hall–Kier alpha value is -5.22. The number of nitrogens with zero attached hydrogens (tertiary/aromatic N) is 1. The molecular weight excluding hydrogens is 751 g/mol. The summed E-state index contributed by atoms with van der Waals surface area (Å²) in [6.45, 7) is 35.1. The molecule has 4 heteroatoms. The van der Waals surface area contributed by atoms with Gasteiger partial charge in [-0.25, -0.2) is 0 Å². The Morgan fingerprint density at radius 3 is 2.03 bits per heavy atom. The molecule has 1 aliphatic rings. The summed E-state index contributed by atoms with van der Waals surface area (Å²) in [4.78, 5) is 2.39. The van der Waals surface area contributed by atoms with Crippen molar-refractivity contribution in [1.82, 2.24) is 5.32 Å². The smallest absolute Gasteiger partial charge is 0.233 e. The number of rotatable bonds is 13.